The molecule has 1 aliphatic heterocycles. The van der Waals surface area contributed by atoms with E-state index in [1.54, 1.807) is 39.0 Å². The monoisotopic (exact) mass is 309 g/mol. The summed E-state index contributed by atoms with van der Waals surface area (Å²) < 4.78 is 38.2. The van der Waals surface area contributed by atoms with E-state index in [2.05, 4.69) is 14.9 Å². The third-order valence-electron chi connectivity index (χ3n) is 2.98. The molecule has 0 unspecified atom stereocenters. The number of aromatic amines is 1. The van der Waals surface area contributed by atoms with Crippen LogP contribution < -0.4 is 14.2 Å². The van der Waals surface area contributed by atoms with Gasteiger partial charge in [0.15, 0.2) is 11.5 Å². The second kappa shape index (κ2) is 4.39. The van der Waals surface area contributed by atoms with Crippen LogP contribution >= 0.6 is 0 Å². The summed E-state index contributed by atoms with van der Waals surface area (Å²) in [6.45, 7) is 5.21. The highest BCUT2D eigenvalue weighted by molar-refractivity contribution is 7.92. The SMILES string of the molecule is Cc1[nH]ncc1S(=O)(=O)Nc1ccc2c(c1)OC(C)(C)O2. The van der Waals surface area contributed by atoms with Crippen molar-refractivity contribution in [3.05, 3.63) is 30.1 Å². The number of anilines is 1. The molecule has 112 valence electrons. The lowest BCUT2D eigenvalue weighted by molar-refractivity contribution is -0.0431. The molecule has 3 rings (SSSR count). The number of H-pyrrole nitrogens is 1. The highest BCUT2D eigenvalue weighted by Crippen LogP contribution is 2.40. The average molecular weight is 309 g/mol. The van der Waals surface area contributed by atoms with Crippen molar-refractivity contribution in [3.63, 3.8) is 0 Å². The molecule has 0 spiro atoms. The van der Waals surface area contributed by atoms with Crippen LogP contribution in [-0.2, 0) is 10.0 Å². The van der Waals surface area contributed by atoms with Crippen LogP contribution in [-0.4, -0.2) is 24.4 Å². The standard InChI is InChI=1S/C13H15N3O4S/c1-8-12(7-14-15-8)21(17,18)16-9-4-5-10-11(6-9)20-13(2,3)19-10/h4-7,16H,1-3H3,(H,14,15). The maximum Gasteiger partial charge on any atom is 0.265 e. The van der Waals surface area contributed by atoms with Crippen LogP contribution in [0.1, 0.15) is 19.5 Å². The number of aromatic nitrogens is 2. The van der Waals surface area contributed by atoms with Crippen molar-refractivity contribution in [2.75, 3.05) is 4.72 Å². The first-order valence-electron chi connectivity index (χ1n) is 6.32. The lowest BCUT2D eigenvalue weighted by Gasteiger charge is -2.16. The van der Waals surface area contributed by atoms with Crippen molar-refractivity contribution in [3.8, 4) is 11.5 Å². The van der Waals surface area contributed by atoms with Crippen molar-refractivity contribution < 1.29 is 17.9 Å². The number of ether oxygens (including phenoxy) is 2. The molecule has 7 nitrogen and oxygen atoms in total. The second-order valence-corrected chi connectivity index (χ2v) is 6.88. The van der Waals surface area contributed by atoms with Crippen molar-refractivity contribution in [1.29, 1.82) is 0 Å². The van der Waals surface area contributed by atoms with Crippen LogP contribution in [0.25, 0.3) is 0 Å². The lowest BCUT2D eigenvalue weighted by atomic mass is 10.3. The fourth-order valence-electron chi connectivity index (χ4n) is 2.11. The van der Waals surface area contributed by atoms with Crippen LogP contribution in [0.2, 0.25) is 0 Å². The molecule has 2 N–H and O–H groups in total. The Kier molecular flexibility index (Phi) is 2.87. The summed E-state index contributed by atoms with van der Waals surface area (Å²) in [5, 5.41) is 6.32. The number of aryl methyl sites for hydroxylation is 1. The van der Waals surface area contributed by atoms with Gasteiger partial charge in [-0.1, -0.05) is 0 Å². The smallest absolute Gasteiger partial charge is 0.265 e. The molecule has 0 saturated heterocycles. The molecule has 0 aliphatic carbocycles. The van der Waals surface area contributed by atoms with Gasteiger partial charge in [0.2, 0.25) is 5.79 Å². The fraction of sp³-hybridized carbons (Fsp3) is 0.308. The number of fused-ring (bicyclic) bond motifs is 1. The molecule has 2 aromatic rings. The minimum atomic E-state index is -3.69. The number of rotatable bonds is 3. The molecular formula is C13H15N3O4S. The molecule has 8 heteroatoms. The Labute approximate surface area is 122 Å². The minimum absolute atomic E-state index is 0.112. The number of nitrogens with zero attached hydrogens (tertiary/aromatic N) is 1. The second-order valence-electron chi connectivity index (χ2n) is 5.23. The molecule has 0 bridgehead atoms. The van der Waals surface area contributed by atoms with E-state index in [0.717, 1.165) is 0 Å². The summed E-state index contributed by atoms with van der Waals surface area (Å²) >= 11 is 0. The molecule has 0 amide bonds. The van der Waals surface area contributed by atoms with E-state index >= 15 is 0 Å². The Morgan fingerprint density at radius 1 is 1.24 bits per heavy atom. The summed E-state index contributed by atoms with van der Waals surface area (Å²) in [7, 11) is -3.69. The normalized spacial score (nSPS) is 16.0. The van der Waals surface area contributed by atoms with Gasteiger partial charge in [-0.2, -0.15) is 5.10 Å². The molecule has 0 saturated carbocycles. The van der Waals surface area contributed by atoms with Crippen LogP contribution in [0, 0.1) is 6.92 Å². The van der Waals surface area contributed by atoms with Gasteiger partial charge in [0.05, 0.1) is 17.6 Å². The van der Waals surface area contributed by atoms with Gasteiger partial charge in [-0.15, -0.1) is 0 Å². The van der Waals surface area contributed by atoms with Crippen LogP contribution in [0.5, 0.6) is 11.5 Å². The molecule has 1 aliphatic rings. The third-order valence-corrected chi connectivity index (χ3v) is 4.48. The summed E-state index contributed by atoms with van der Waals surface area (Å²) in [6, 6.07) is 4.89. The highest BCUT2D eigenvalue weighted by atomic mass is 32.2. The summed E-state index contributed by atoms with van der Waals surface area (Å²) in [5.74, 6) is 0.340. The predicted molar refractivity (Wildman–Crippen MR) is 75.9 cm³/mol. The van der Waals surface area contributed by atoms with E-state index in [4.69, 9.17) is 9.47 Å². The Balaban J connectivity index is 1.89. The Hall–Kier alpha value is -2.22. The largest absolute Gasteiger partial charge is 0.449 e. The van der Waals surface area contributed by atoms with Gasteiger partial charge < -0.3 is 9.47 Å². The maximum absolute atomic E-state index is 12.3. The van der Waals surface area contributed by atoms with Crippen molar-refractivity contribution in [1.82, 2.24) is 10.2 Å². The number of benzene rings is 1. The Morgan fingerprint density at radius 2 is 1.95 bits per heavy atom. The topological polar surface area (TPSA) is 93.3 Å². The Morgan fingerprint density at radius 3 is 2.62 bits per heavy atom. The predicted octanol–water partition coefficient (Wildman–Crippen LogP) is 2.03. The quantitative estimate of drug-likeness (QED) is 0.905. The van der Waals surface area contributed by atoms with E-state index < -0.39 is 15.8 Å². The van der Waals surface area contributed by atoms with Gasteiger partial charge in [0.25, 0.3) is 10.0 Å². The number of hydrogen-bond donors (Lipinski definition) is 2. The van der Waals surface area contributed by atoms with Gasteiger partial charge in [-0.05, 0) is 19.1 Å². The highest BCUT2D eigenvalue weighted by Gasteiger charge is 2.32. The maximum atomic E-state index is 12.3. The molecule has 1 aromatic carbocycles. The van der Waals surface area contributed by atoms with E-state index in [-0.39, 0.29) is 4.90 Å². The molecule has 2 heterocycles. The van der Waals surface area contributed by atoms with Crippen LogP contribution in [0.4, 0.5) is 5.69 Å². The van der Waals surface area contributed by atoms with E-state index in [9.17, 15) is 8.42 Å². The number of nitrogens with one attached hydrogen (secondary N) is 2. The van der Waals surface area contributed by atoms with Crippen LogP contribution in [0.15, 0.2) is 29.3 Å². The first kappa shape index (κ1) is 13.7. The third kappa shape index (κ3) is 2.54. The average Bonchev–Trinajstić information content (AvgIpc) is 2.90. The van der Waals surface area contributed by atoms with Crippen molar-refractivity contribution >= 4 is 15.7 Å². The first-order chi connectivity index (χ1) is 9.77. The zero-order valence-corrected chi connectivity index (χ0v) is 12.6. The minimum Gasteiger partial charge on any atom is -0.449 e. The molecule has 0 radical (unpaired) electrons. The van der Waals surface area contributed by atoms with Gasteiger partial charge in [0.1, 0.15) is 4.90 Å². The summed E-state index contributed by atoms with van der Waals surface area (Å²) in [5.41, 5.74) is 0.875. The van der Waals surface area contributed by atoms with Crippen molar-refractivity contribution in [2.24, 2.45) is 0 Å². The van der Waals surface area contributed by atoms with Gasteiger partial charge in [-0.3, -0.25) is 9.82 Å². The summed E-state index contributed by atoms with van der Waals surface area (Å²) in [6.07, 6.45) is 1.27. The lowest BCUT2D eigenvalue weighted by Crippen LogP contribution is -2.29. The fourth-order valence-corrected chi connectivity index (χ4v) is 3.29. The zero-order valence-electron chi connectivity index (χ0n) is 11.8. The molecule has 21 heavy (non-hydrogen) atoms. The molecular weight excluding hydrogens is 294 g/mol. The first-order valence-corrected chi connectivity index (χ1v) is 7.80. The molecule has 0 fully saturated rings. The van der Waals surface area contributed by atoms with E-state index in [1.807, 2.05) is 0 Å². The molecule has 0 atom stereocenters. The Bertz CT molecular complexity index is 795. The van der Waals surface area contributed by atoms with E-state index in [0.29, 0.717) is 22.9 Å². The van der Waals surface area contributed by atoms with Gasteiger partial charge >= 0.3 is 0 Å². The van der Waals surface area contributed by atoms with Crippen LogP contribution in [0.3, 0.4) is 0 Å². The summed E-state index contributed by atoms with van der Waals surface area (Å²) in [4.78, 5) is 0.112. The van der Waals surface area contributed by atoms with Gasteiger partial charge in [0, 0.05) is 19.9 Å². The number of hydrogen-bond acceptors (Lipinski definition) is 5. The number of sulfonamides is 1. The van der Waals surface area contributed by atoms with Gasteiger partial charge in [-0.25, -0.2) is 8.42 Å². The molecule has 1 aromatic heterocycles. The zero-order chi connectivity index (χ0) is 15.3. The van der Waals surface area contributed by atoms with Crippen molar-refractivity contribution in [2.45, 2.75) is 31.5 Å². The van der Waals surface area contributed by atoms with E-state index in [1.165, 1.54) is 6.20 Å².